The second-order valence-electron chi connectivity index (χ2n) is 4.43. The monoisotopic (exact) mass is 457 g/mol. The van der Waals surface area contributed by atoms with Gasteiger partial charge in [0.15, 0.2) is 0 Å². The fourth-order valence-electron chi connectivity index (χ4n) is 1.90. The van der Waals surface area contributed by atoms with Crippen molar-refractivity contribution in [1.82, 2.24) is 5.32 Å². The predicted octanol–water partition coefficient (Wildman–Crippen LogP) is 4.87. The lowest BCUT2D eigenvalue weighted by Gasteiger charge is -2.19. The Morgan fingerprint density at radius 2 is 2.05 bits per heavy atom. The third-order valence-corrected chi connectivity index (χ3v) is 5.84. The molecule has 0 bridgehead atoms. The molecule has 1 rings (SSSR count). The van der Waals surface area contributed by atoms with Crippen molar-refractivity contribution in [3.63, 3.8) is 0 Å². The Morgan fingerprint density at radius 3 is 2.58 bits per heavy atom. The van der Waals surface area contributed by atoms with Crippen LogP contribution >= 0.6 is 50.1 Å². The number of nitrogens with one attached hydrogen (secondary N) is 1. The van der Waals surface area contributed by atoms with Gasteiger partial charge < -0.3 is 5.32 Å². The molecular formula is C14H18BrClINO. The molecule has 1 unspecified atom stereocenters. The van der Waals surface area contributed by atoms with Crippen LogP contribution in [0.3, 0.4) is 0 Å². The molecule has 0 aliphatic carbocycles. The standard InChI is InChI=1S/C14H18BrClINO/c1-3-9(4-2)11(15)8-18-14(19)10-5-6-13(17)12(16)7-10/h5-7,9,11H,3-4,8H2,1-2H3,(H,18,19). The molecule has 0 aliphatic heterocycles. The van der Waals surface area contributed by atoms with Gasteiger partial charge in [-0.2, -0.15) is 0 Å². The van der Waals surface area contributed by atoms with Gasteiger partial charge in [0.25, 0.3) is 5.91 Å². The summed E-state index contributed by atoms with van der Waals surface area (Å²) in [4.78, 5) is 12.3. The van der Waals surface area contributed by atoms with Crippen LogP contribution in [0.15, 0.2) is 18.2 Å². The molecule has 106 valence electrons. The van der Waals surface area contributed by atoms with Crippen molar-refractivity contribution in [2.24, 2.45) is 5.92 Å². The lowest BCUT2D eigenvalue weighted by molar-refractivity contribution is 0.0952. The van der Waals surface area contributed by atoms with E-state index in [-0.39, 0.29) is 5.91 Å². The van der Waals surface area contributed by atoms with Crippen LogP contribution in [-0.2, 0) is 0 Å². The molecule has 0 saturated carbocycles. The van der Waals surface area contributed by atoms with Crippen LogP contribution in [0.25, 0.3) is 0 Å². The molecular weight excluding hydrogens is 440 g/mol. The molecule has 1 N–H and O–H groups in total. The largest absolute Gasteiger partial charge is 0.351 e. The Labute approximate surface area is 141 Å². The zero-order valence-corrected chi connectivity index (χ0v) is 15.5. The Kier molecular flexibility index (Phi) is 7.69. The highest BCUT2D eigenvalue weighted by Crippen LogP contribution is 2.21. The van der Waals surface area contributed by atoms with E-state index in [2.05, 4.69) is 57.7 Å². The molecule has 0 aromatic heterocycles. The number of carbonyl (C=O) groups excluding carboxylic acids is 1. The molecule has 1 aromatic carbocycles. The molecule has 0 heterocycles. The zero-order chi connectivity index (χ0) is 14.4. The number of benzene rings is 1. The highest BCUT2D eigenvalue weighted by Gasteiger charge is 2.16. The van der Waals surface area contributed by atoms with E-state index in [0.29, 0.717) is 27.9 Å². The molecule has 1 amide bonds. The van der Waals surface area contributed by atoms with Crippen LogP contribution in [0.4, 0.5) is 0 Å². The third kappa shape index (κ3) is 5.23. The fourth-order valence-corrected chi connectivity index (χ4v) is 3.32. The third-order valence-electron chi connectivity index (χ3n) is 3.20. The molecule has 5 heteroatoms. The molecule has 0 spiro atoms. The van der Waals surface area contributed by atoms with Crippen LogP contribution < -0.4 is 5.32 Å². The minimum Gasteiger partial charge on any atom is -0.351 e. The lowest BCUT2D eigenvalue weighted by Crippen LogP contribution is -2.32. The number of alkyl halides is 1. The van der Waals surface area contributed by atoms with Crippen LogP contribution in [-0.4, -0.2) is 17.3 Å². The lowest BCUT2D eigenvalue weighted by atomic mass is 9.99. The van der Waals surface area contributed by atoms with Crippen LogP contribution in [0.5, 0.6) is 0 Å². The smallest absolute Gasteiger partial charge is 0.251 e. The van der Waals surface area contributed by atoms with Gasteiger partial charge in [-0.1, -0.05) is 54.2 Å². The summed E-state index contributed by atoms with van der Waals surface area (Å²) in [5.41, 5.74) is 0.606. The van der Waals surface area contributed by atoms with Gasteiger partial charge >= 0.3 is 0 Å². The number of hydrogen-bond donors (Lipinski definition) is 1. The maximum absolute atomic E-state index is 12.0. The maximum atomic E-state index is 12.0. The van der Waals surface area contributed by atoms with E-state index in [1.165, 1.54) is 0 Å². The Balaban J connectivity index is 2.58. The highest BCUT2D eigenvalue weighted by atomic mass is 127. The van der Waals surface area contributed by atoms with Crippen LogP contribution in [0.2, 0.25) is 5.02 Å². The van der Waals surface area contributed by atoms with Gasteiger partial charge in [0, 0.05) is 20.5 Å². The van der Waals surface area contributed by atoms with E-state index in [4.69, 9.17) is 11.6 Å². The van der Waals surface area contributed by atoms with Gasteiger partial charge in [-0.3, -0.25) is 4.79 Å². The van der Waals surface area contributed by atoms with E-state index >= 15 is 0 Å². The van der Waals surface area contributed by atoms with Crippen molar-refractivity contribution in [2.45, 2.75) is 31.5 Å². The van der Waals surface area contributed by atoms with Gasteiger partial charge in [0.2, 0.25) is 0 Å². The Bertz CT molecular complexity index is 437. The summed E-state index contributed by atoms with van der Waals surface area (Å²) in [6, 6.07) is 5.35. The van der Waals surface area contributed by atoms with Crippen molar-refractivity contribution >= 4 is 56.0 Å². The number of rotatable bonds is 6. The molecule has 1 atom stereocenters. The summed E-state index contributed by atoms with van der Waals surface area (Å²) in [7, 11) is 0. The van der Waals surface area contributed by atoms with Crippen molar-refractivity contribution in [3.8, 4) is 0 Å². The Hall–Kier alpha value is 0.190. The molecule has 1 aromatic rings. The highest BCUT2D eigenvalue weighted by molar-refractivity contribution is 14.1. The normalized spacial score (nSPS) is 12.5. The van der Waals surface area contributed by atoms with Gasteiger partial charge in [0.05, 0.1) is 5.02 Å². The first-order valence-corrected chi connectivity index (χ1v) is 8.74. The first kappa shape index (κ1) is 17.2. The first-order valence-electron chi connectivity index (χ1n) is 6.36. The van der Waals surface area contributed by atoms with E-state index in [1.54, 1.807) is 12.1 Å². The summed E-state index contributed by atoms with van der Waals surface area (Å²) in [6.45, 7) is 4.97. The summed E-state index contributed by atoms with van der Waals surface area (Å²) in [5, 5.41) is 3.56. The average molecular weight is 459 g/mol. The van der Waals surface area contributed by atoms with E-state index in [0.717, 1.165) is 16.4 Å². The summed E-state index contributed by atoms with van der Waals surface area (Å²) >= 11 is 11.8. The van der Waals surface area contributed by atoms with Crippen LogP contribution in [0.1, 0.15) is 37.0 Å². The van der Waals surface area contributed by atoms with Gasteiger partial charge in [-0.05, 0) is 46.7 Å². The van der Waals surface area contributed by atoms with Gasteiger partial charge in [-0.25, -0.2) is 0 Å². The zero-order valence-electron chi connectivity index (χ0n) is 11.1. The summed E-state index contributed by atoms with van der Waals surface area (Å²) in [5.74, 6) is 0.509. The molecule has 0 saturated heterocycles. The van der Waals surface area contributed by atoms with E-state index < -0.39 is 0 Å². The summed E-state index contributed by atoms with van der Waals surface area (Å²) in [6.07, 6.45) is 2.22. The molecule has 2 nitrogen and oxygen atoms in total. The van der Waals surface area contributed by atoms with E-state index in [1.807, 2.05) is 6.07 Å². The van der Waals surface area contributed by atoms with Crippen molar-refractivity contribution in [2.75, 3.05) is 6.54 Å². The van der Waals surface area contributed by atoms with Crippen LogP contribution in [0, 0.1) is 9.49 Å². The summed E-state index contributed by atoms with van der Waals surface area (Å²) < 4.78 is 0.950. The molecule has 0 fully saturated rings. The topological polar surface area (TPSA) is 29.1 Å². The number of amides is 1. The Morgan fingerprint density at radius 1 is 1.42 bits per heavy atom. The molecule has 19 heavy (non-hydrogen) atoms. The number of hydrogen-bond acceptors (Lipinski definition) is 1. The second kappa shape index (κ2) is 8.47. The number of halogens is 3. The van der Waals surface area contributed by atoms with Gasteiger partial charge in [0.1, 0.15) is 0 Å². The average Bonchev–Trinajstić information content (AvgIpc) is 2.40. The SMILES string of the molecule is CCC(CC)C(Br)CNC(=O)c1ccc(I)c(Cl)c1. The van der Waals surface area contributed by atoms with Crippen molar-refractivity contribution in [1.29, 1.82) is 0 Å². The molecule has 0 radical (unpaired) electrons. The van der Waals surface area contributed by atoms with Crippen molar-refractivity contribution < 1.29 is 4.79 Å². The second-order valence-corrected chi connectivity index (χ2v) is 7.18. The molecule has 0 aliphatic rings. The minimum atomic E-state index is -0.0753. The predicted molar refractivity (Wildman–Crippen MR) is 93.3 cm³/mol. The minimum absolute atomic E-state index is 0.0753. The maximum Gasteiger partial charge on any atom is 0.251 e. The quantitative estimate of drug-likeness (QED) is 0.478. The van der Waals surface area contributed by atoms with E-state index in [9.17, 15) is 4.79 Å². The van der Waals surface area contributed by atoms with Crippen molar-refractivity contribution in [3.05, 3.63) is 32.4 Å². The fraction of sp³-hybridized carbons (Fsp3) is 0.500. The van der Waals surface area contributed by atoms with Gasteiger partial charge in [-0.15, -0.1) is 0 Å². The first-order chi connectivity index (χ1) is 8.99. The number of carbonyl (C=O) groups is 1.